The number of hydrazine groups is 1. The predicted molar refractivity (Wildman–Crippen MR) is 60.5 cm³/mol. The SMILES string of the molecule is Cn1cnc2cc(C3(NN)COC3)ccc21. The molecule has 1 saturated heterocycles. The summed E-state index contributed by atoms with van der Waals surface area (Å²) in [5, 5.41) is 0. The summed E-state index contributed by atoms with van der Waals surface area (Å²) in [5.41, 5.74) is 5.85. The molecule has 0 radical (unpaired) electrons. The van der Waals surface area contributed by atoms with E-state index in [1.807, 2.05) is 17.9 Å². The van der Waals surface area contributed by atoms with Crippen LogP contribution in [0.4, 0.5) is 0 Å². The Morgan fingerprint density at radius 3 is 2.94 bits per heavy atom. The summed E-state index contributed by atoms with van der Waals surface area (Å²) in [6, 6.07) is 6.21. The van der Waals surface area contributed by atoms with Crippen LogP contribution in [-0.2, 0) is 17.3 Å². The van der Waals surface area contributed by atoms with Crippen LogP contribution in [0.25, 0.3) is 11.0 Å². The number of nitrogens with two attached hydrogens (primary N) is 1. The van der Waals surface area contributed by atoms with Crippen molar-refractivity contribution in [3.05, 3.63) is 30.1 Å². The van der Waals surface area contributed by atoms with Crippen LogP contribution in [0.15, 0.2) is 24.5 Å². The molecule has 3 N–H and O–H groups in total. The van der Waals surface area contributed by atoms with E-state index in [4.69, 9.17) is 10.6 Å². The van der Waals surface area contributed by atoms with Gasteiger partial charge in [-0.2, -0.15) is 0 Å². The first-order valence-corrected chi connectivity index (χ1v) is 5.22. The van der Waals surface area contributed by atoms with Crippen molar-refractivity contribution in [2.24, 2.45) is 12.9 Å². The first-order chi connectivity index (χ1) is 7.75. The maximum atomic E-state index is 5.59. The zero-order chi connectivity index (χ0) is 11.2. The fourth-order valence-corrected chi connectivity index (χ4v) is 2.07. The second-order valence-corrected chi connectivity index (χ2v) is 4.28. The van der Waals surface area contributed by atoms with Crippen LogP contribution < -0.4 is 11.3 Å². The number of nitrogens with zero attached hydrogens (tertiary/aromatic N) is 2. The van der Waals surface area contributed by atoms with Crippen LogP contribution in [0.1, 0.15) is 5.56 Å². The Balaban J connectivity index is 2.11. The van der Waals surface area contributed by atoms with E-state index >= 15 is 0 Å². The summed E-state index contributed by atoms with van der Waals surface area (Å²) in [6.45, 7) is 1.23. The topological polar surface area (TPSA) is 65.1 Å². The third-order valence-corrected chi connectivity index (χ3v) is 3.25. The number of ether oxygens (including phenoxy) is 1. The standard InChI is InChI=1S/C11H14N4O/c1-15-7-13-9-4-8(2-3-10(9)15)11(14-12)5-16-6-11/h2-4,7,14H,5-6,12H2,1H3. The van der Waals surface area contributed by atoms with Gasteiger partial charge in [-0.15, -0.1) is 0 Å². The molecule has 5 heteroatoms. The van der Waals surface area contributed by atoms with Gasteiger partial charge < -0.3 is 9.30 Å². The van der Waals surface area contributed by atoms with Gasteiger partial charge in [-0.1, -0.05) is 6.07 Å². The van der Waals surface area contributed by atoms with Crippen LogP contribution in [0.5, 0.6) is 0 Å². The van der Waals surface area contributed by atoms with Gasteiger partial charge in [0.1, 0.15) is 5.54 Å². The number of imidazole rings is 1. The second-order valence-electron chi connectivity index (χ2n) is 4.28. The van der Waals surface area contributed by atoms with E-state index in [-0.39, 0.29) is 5.54 Å². The number of rotatable bonds is 2. The molecule has 0 atom stereocenters. The summed E-state index contributed by atoms with van der Waals surface area (Å²) < 4.78 is 7.23. The van der Waals surface area contributed by atoms with Crippen molar-refractivity contribution in [3.63, 3.8) is 0 Å². The zero-order valence-electron chi connectivity index (χ0n) is 9.10. The molecule has 0 saturated carbocycles. The average Bonchev–Trinajstić information content (AvgIpc) is 2.60. The summed E-state index contributed by atoms with van der Waals surface area (Å²) in [7, 11) is 1.98. The van der Waals surface area contributed by atoms with Crippen molar-refractivity contribution < 1.29 is 4.74 Å². The minimum absolute atomic E-state index is 0.230. The van der Waals surface area contributed by atoms with E-state index < -0.39 is 0 Å². The van der Waals surface area contributed by atoms with E-state index in [2.05, 4.69) is 28.6 Å². The highest BCUT2D eigenvalue weighted by molar-refractivity contribution is 5.76. The van der Waals surface area contributed by atoms with Crippen molar-refractivity contribution in [3.8, 4) is 0 Å². The molecule has 1 aromatic heterocycles. The number of benzene rings is 1. The molecule has 0 aliphatic carbocycles. The molecule has 16 heavy (non-hydrogen) atoms. The van der Waals surface area contributed by atoms with E-state index in [0.717, 1.165) is 16.6 Å². The Hall–Kier alpha value is -1.43. The maximum Gasteiger partial charge on any atom is 0.104 e. The normalized spacial score (nSPS) is 18.6. The van der Waals surface area contributed by atoms with Gasteiger partial charge in [0.2, 0.25) is 0 Å². The van der Waals surface area contributed by atoms with Gasteiger partial charge in [0.05, 0.1) is 30.6 Å². The highest BCUT2D eigenvalue weighted by atomic mass is 16.5. The summed E-state index contributed by atoms with van der Waals surface area (Å²) in [6.07, 6.45) is 1.81. The Labute approximate surface area is 93.2 Å². The molecule has 0 spiro atoms. The van der Waals surface area contributed by atoms with Crippen LogP contribution in [0.3, 0.4) is 0 Å². The maximum absolute atomic E-state index is 5.59. The van der Waals surface area contributed by atoms with Gasteiger partial charge in [0.15, 0.2) is 0 Å². The van der Waals surface area contributed by atoms with Gasteiger partial charge in [-0.05, 0) is 17.7 Å². The van der Waals surface area contributed by atoms with Gasteiger partial charge in [0, 0.05) is 7.05 Å². The molecule has 1 fully saturated rings. The highest BCUT2D eigenvalue weighted by Gasteiger charge is 2.39. The molecule has 2 aromatic rings. The molecule has 1 aromatic carbocycles. The Morgan fingerprint density at radius 2 is 2.31 bits per heavy atom. The van der Waals surface area contributed by atoms with E-state index in [1.54, 1.807) is 0 Å². The number of fused-ring (bicyclic) bond motifs is 1. The molecule has 2 heterocycles. The third kappa shape index (κ3) is 1.19. The van der Waals surface area contributed by atoms with E-state index in [0.29, 0.717) is 13.2 Å². The average molecular weight is 218 g/mol. The summed E-state index contributed by atoms with van der Waals surface area (Å²) in [4.78, 5) is 4.34. The van der Waals surface area contributed by atoms with Crippen LogP contribution in [0.2, 0.25) is 0 Å². The largest absolute Gasteiger partial charge is 0.377 e. The van der Waals surface area contributed by atoms with Crippen molar-refractivity contribution in [1.29, 1.82) is 0 Å². The van der Waals surface area contributed by atoms with Crippen molar-refractivity contribution in [1.82, 2.24) is 15.0 Å². The number of aryl methyl sites for hydroxylation is 1. The van der Waals surface area contributed by atoms with Crippen molar-refractivity contribution in [2.75, 3.05) is 13.2 Å². The first-order valence-electron chi connectivity index (χ1n) is 5.22. The molecule has 0 bridgehead atoms. The number of aromatic nitrogens is 2. The zero-order valence-corrected chi connectivity index (χ0v) is 9.10. The fraction of sp³-hybridized carbons (Fsp3) is 0.364. The third-order valence-electron chi connectivity index (χ3n) is 3.25. The number of hydrogen-bond acceptors (Lipinski definition) is 4. The molecule has 0 unspecified atom stereocenters. The minimum Gasteiger partial charge on any atom is -0.377 e. The highest BCUT2D eigenvalue weighted by Crippen LogP contribution is 2.30. The molecule has 3 rings (SSSR count). The number of nitrogens with one attached hydrogen (secondary N) is 1. The van der Waals surface area contributed by atoms with Gasteiger partial charge >= 0.3 is 0 Å². The lowest BCUT2D eigenvalue weighted by Gasteiger charge is -2.41. The van der Waals surface area contributed by atoms with Gasteiger partial charge in [-0.3, -0.25) is 5.84 Å². The Kier molecular flexibility index (Phi) is 2.00. The quantitative estimate of drug-likeness (QED) is 0.560. The smallest absolute Gasteiger partial charge is 0.104 e. The van der Waals surface area contributed by atoms with Gasteiger partial charge in [0.25, 0.3) is 0 Å². The van der Waals surface area contributed by atoms with E-state index in [1.165, 1.54) is 0 Å². The minimum atomic E-state index is -0.230. The Morgan fingerprint density at radius 1 is 1.50 bits per heavy atom. The molecule has 1 aliphatic heterocycles. The lowest BCUT2D eigenvalue weighted by atomic mass is 9.88. The predicted octanol–water partition coefficient (Wildman–Crippen LogP) is 0.262. The fourth-order valence-electron chi connectivity index (χ4n) is 2.07. The van der Waals surface area contributed by atoms with E-state index in [9.17, 15) is 0 Å². The van der Waals surface area contributed by atoms with Crippen LogP contribution in [-0.4, -0.2) is 22.8 Å². The van der Waals surface area contributed by atoms with Gasteiger partial charge in [-0.25, -0.2) is 10.4 Å². The number of hydrogen-bond donors (Lipinski definition) is 2. The molecule has 0 amide bonds. The lowest BCUT2D eigenvalue weighted by Crippen LogP contribution is -2.60. The summed E-state index contributed by atoms with van der Waals surface area (Å²) in [5.74, 6) is 5.59. The molecule has 1 aliphatic rings. The van der Waals surface area contributed by atoms with Crippen LogP contribution in [0, 0.1) is 0 Å². The summed E-state index contributed by atoms with van der Waals surface area (Å²) >= 11 is 0. The molecular weight excluding hydrogens is 204 g/mol. The molecular formula is C11H14N4O. The molecule has 5 nitrogen and oxygen atoms in total. The Bertz CT molecular complexity index is 524. The van der Waals surface area contributed by atoms with Crippen molar-refractivity contribution in [2.45, 2.75) is 5.54 Å². The monoisotopic (exact) mass is 218 g/mol. The lowest BCUT2D eigenvalue weighted by molar-refractivity contribution is -0.0786. The first kappa shape index (κ1) is 9.77. The van der Waals surface area contributed by atoms with Crippen molar-refractivity contribution >= 4 is 11.0 Å². The molecule has 84 valence electrons. The van der Waals surface area contributed by atoms with Crippen LogP contribution >= 0.6 is 0 Å². The second kappa shape index (κ2) is 3.28.